The van der Waals surface area contributed by atoms with Gasteiger partial charge in [-0.25, -0.2) is 4.39 Å². The highest BCUT2D eigenvalue weighted by Crippen LogP contribution is 2.25. The summed E-state index contributed by atoms with van der Waals surface area (Å²) in [5.41, 5.74) is 3.46. The Morgan fingerprint density at radius 1 is 1.22 bits per heavy atom. The number of morpholine rings is 2. The van der Waals surface area contributed by atoms with E-state index in [4.69, 9.17) is 14.3 Å². The predicted molar refractivity (Wildman–Crippen MR) is 154 cm³/mol. The maximum absolute atomic E-state index is 14.3. The lowest BCUT2D eigenvalue weighted by Gasteiger charge is -2.35. The molecule has 1 aromatic rings. The summed E-state index contributed by atoms with van der Waals surface area (Å²) in [7, 11) is 1.76. The summed E-state index contributed by atoms with van der Waals surface area (Å²) in [4.78, 5) is 36.5. The van der Waals surface area contributed by atoms with Crippen molar-refractivity contribution in [3.8, 4) is 0 Å². The Morgan fingerprint density at radius 2 is 2.00 bits per heavy atom. The highest BCUT2D eigenvalue weighted by atomic mass is 19.1. The Balaban J connectivity index is 0.000000294. The Hall–Kier alpha value is -3.22. The van der Waals surface area contributed by atoms with Crippen molar-refractivity contribution in [2.45, 2.75) is 31.5 Å². The number of carbonyl (C=O) groups is 3. The van der Waals surface area contributed by atoms with Crippen LogP contribution < -0.4 is 15.5 Å². The van der Waals surface area contributed by atoms with Crippen LogP contribution in [0.25, 0.3) is 0 Å². The molecule has 0 saturated carbocycles. The molecule has 1 unspecified atom stereocenters. The van der Waals surface area contributed by atoms with Crippen molar-refractivity contribution in [2.24, 2.45) is 0 Å². The third kappa shape index (κ3) is 8.88. The number of benzene rings is 1. The van der Waals surface area contributed by atoms with Crippen molar-refractivity contribution < 1.29 is 33.4 Å². The molecule has 0 aromatic heterocycles. The number of rotatable bonds is 6. The molecule has 4 aliphatic rings. The standard InChI is InChI=1S/C19H26FN3O5.C10H13N.CH2O/c1-21-5-4-16(24)17-19(26)23(8-11-28-17)13-2-3-15(20)14(12-13)18(25)22-6-9-27-10-7-22;1-2-4-9-6-7-11-8-10(9)5-3-1;1-2/h2-3,12,16-17,21,24H,4-11H2,1H3;1-4,11H,5-8H2;1H2/t16-,17?;;/m0../s1. The van der Waals surface area contributed by atoms with Gasteiger partial charge in [0.05, 0.1) is 31.5 Å². The number of ether oxygens (including phenoxy) is 2. The van der Waals surface area contributed by atoms with Gasteiger partial charge >= 0.3 is 0 Å². The molecule has 41 heavy (non-hydrogen) atoms. The maximum atomic E-state index is 14.3. The van der Waals surface area contributed by atoms with E-state index in [0.717, 1.165) is 19.5 Å². The van der Waals surface area contributed by atoms with E-state index < -0.39 is 29.8 Å². The van der Waals surface area contributed by atoms with Gasteiger partial charge in [-0.1, -0.05) is 24.3 Å². The normalized spacial score (nSPS) is 21.1. The molecule has 2 amide bonds. The average molecular weight is 573 g/mol. The number of aliphatic hydroxyl groups excluding tert-OH is 1. The first kappa shape index (κ1) is 32.3. The molecule has 3 aliphatic heterocycles. The molecule has 224 valence electrons. The van der Waals surface area contributed by atoms with Crippen LogP contribution >= 0.6 is 0 Å². The largest absolute Gasteiger partial charge is 0.390 e. The molecule has 0 spiro atoms. The highest BCUT2D eigenvalue weighted by Gasteiger charge is 2.36. The average Bonchev–Trinajstić information content (AvgIpc) is 3.27. The second-order valence-electron chi connectivity index (χ2n) is 9.86. The minimum absolute atomic E-state index is 0.0778. The smallest absolute Gasteiger partial charge is 0.258 e. The number of anilines is 1. The molecule has 3 N–H and O–H groups in total. The molecule has 1 aliphatic carbocycles. The maximum Gasteiger partial charge on any atom is 0.258 e. The summed E-state index contributed by atoms with van der Waals surface area (Å²) in [6, 6.07) is 4.05. The van der Waals surface area contributed by atoms with Gasteiger partial charge in [-0.15, -0.1) is 0 Å². The van der Waals surface area contributed by atoms with Gasteiger partial charge in [-0.3, -0.25) is 9.59 Å². The third-order valence-electron chi connectivity index (χ3n) is 7.22. The lowest BCUT2D eigenvalue weighted by atomic mass is 10.00. The van der Waals surface area contributed by atoms with Crippen molar-refractivity contribution in [1.82, 2.24) is 15.5 Å². The van der Waals surface area contributed by atoms with Gasteiger partial charge in [0, 0.05) is 31.9 Å². The zero-order valence-electron chi connectivity index (χ0n) is 23.6. The van der Waals surface area contributed by atoms with Crippen LogP contribution in [0.4, 0.5) is 10.1 Å². The molecule has 3 heterocycles. The highest BCUT2D eigenvalue weighted by molar-refractivity contribution is 6.00. The SMILES string of the molecule is C1=CCC2=C(C=C1)CCNC2.C=O.CNCC[C@H](O)C1OCCN(c2ccc(F)c(C(=O)N3CCOCC3)c2)C1=O. The molecular formula is C30H41FN4O6. The molecule has 5 rings (SSSR count). The monoisotopic (exact) mass is 572 g/mol. The van der Waals surface area contributed by atoms with Crippen molar-refractivity contribution in [1.29, 1.82) is 0 Å². The number of hydrogen-bond donors (Lipinski definition) is 3. The van der Waals surface area contributed by atoms with Gasteiger partial charge in [0.15, 0.2) is 6.10 Å². The Bertz CT molecular complexity index is 1120. The van der Waals surface area contributed by atoms with Gasteiger partial charge in [0.2, 0.25) is 0 Å². The summed E-state index contributed by atoms with van der Waals surface area (Å²) >= 11 is 0. The van der Waals surface area contributed by atoms with Crippen LogP contribution in [0.1, 0.15) is 29.6 Å². The summed E-state index contributed by atoms with van der Waals surface area (Å²) in [5.74, 6) is -1.45. The topological polar surface area (TPSA) is 120 Å². The summed E-state index contributed by atoms with van der Waals surface area (Å²) < 4.78 is 25.0. The number of aliphatic hydroxyl groups is 1. The van der Waals surface area contributed by atoms with Crippen molar-refractivity contribution in [3.63, 3.8) is 0 Å². The first-order valence-electron chi connectivity index (χ1n) is 14.0. The number of carbonyl (C=O) groups excluding carboxylic acids is 3. The van der Waals surface area contributed by atoms with Crippen LogP contribution in [0.2, 0.25) is 0 Å². The molecule has 2 atom stereocenters. The van der Waals surface area contributed by atoms with E-state index in [9.17, 15) is 19.1 Å². The minimum Gasteiger partial charge on any atom is -0.390 e. The van der Waals surface area contributed by atoms with Gasteiger partial charge in [-0.2, -0.15) is 0 Å². The lowest BCUT2D eigenvalue weighted by Crippen LogP contribution is -2.53. The van der Waals surface area contributed by atoms with Crippen molar-refractivity contribution in [2.75, 3.05) is 71.0 Å². The van der Waals surface area contributed by atoms with Gasteiger partial charge in [0.1, 0.15) is 12.6 Å². The Kier molecular flexibility index (Phi) is 13.3. The fraction of sp³-hybridized carbons (Fsp3) is 0.500. The number of nitrogens with one attached hydrogen (secondary N) is 2. The molecule has 2 fully saturated rings. The van der Waals surface area contributed by atoms with Crippen LogP contribution in [0.15, 0.2) is 53.6 Å². The van der Waals surface area contributed by atoms with E-state index in [0.29, 0.717) is 45.0 Å². The van der Waals surface area contributed by atoms with Gasteiger partial charge < -0.3 is 39.8 Å². The van der Waals surface area contributed by atoms with E-state index in [-0.39, 0.29) is 18.7 Å². The molecule has 0 bridgehead atoms. The zero-order chi connectivity index (χ0) is 29.6. The summed E-state index contributed by atoms with van der Waals surface area (Å²) in [6.07, 6.45) is 9.54. The third-order valence-corrected chi connectivity index (χ3v) is 7.22. The molecule has 2 saturated heterocycles. The van der Waals surface area contributed by atoms with E-state index in [1.165, 1.54) is 34.4 Å². The second-order valence-corrected chi connectivity index (χ2v) is 9.86. The lowest BCUT2D eigenvalue weighted by molar-refractivity contribution is -0.142. The quantitative estimate of drug-likeness (QED) is 0.471. The second kappa shape index (κ2) is 16.9. The fourth-order valence-corrected chi connectivity index (χ4v) is 4.98. The van der Waals surface area contributed by atoms with E-state index in [2.05, 4.69) is 34.9 Å². The first-order chi connectivity index (χ1) is 20.0. The molecule has 11 heteroatoms. The van der Waals surface area contributed by atoms with Crippen LogP contribution in [0.5, 0.6) is 0 Å². The zero-order valence-corrected chi connectivity index (χ0v) is 23.6. The molecular weight excluding hydrogens is 531 g/mol. The number of nitrogens with zero attached hydrogens (tertiary/aromatic N) is 2. The van der Waals surface area contributed by atoms with Gasteiger partial charge in [0.25, 0.3) is 11.8 Å². The first-order valence-corrected chi connectivity index (χ1v) is 14.0. The Morgan fingerprint density at radius 3 is 2.76 bits per heavy atom. The van der Waals surface area contributed by atoms with E-state index in [1.54, 1.807) is 18.2 Å². The van der Waals surface area contributed by atoms with E-state index >= 15 is 0 Å². The fourth-order valence-electron chi connectivity index (χ4n) is 4.98. The Labute approximate surface area is 240 Å². The van der Waals surface area contributed by atoms with Crippen molar-refractivity contribution in [3.05, 3.63) is 65.0 Å². The van der Waals surface area contributed by atoms with Crippen LogP contribution in [0.3, 0.4) is 0 Å². The number of halogens is 1. The minimum atomic E-state index is -0.981. The van der Waals surface area contributed by atoms with E-state index in [1.807, 2.05) is 6.79 Å². The molecule has 10 nitrogen and oxygen atoms in total. The van der Waals surface area contributed by atoms with Crippen LogP contribution in [-0.2, 0) is 19.1 Å². The predicted octanol–water partition coefficient (Wildman–Crippen LogP) is 1.61. The number of amides is 2. The van der Waals surface area contributed by atoms with Crippen molar-refractivity contribution >= 4 is 24.3 Å². The van der Waals surface area contributed by atoms with Crippen LogP contribution in [0, 0.1) is 5.82 Å². The molecule has 0 radical (unpaired) electrons. The number of hydrogen-bond acceptors (Lipinski definition) is 8. The van der Waals surface area contributed by atoms with Gasteiger partial charge in [-0.05, 0) is 68.7 Å². The summed E-state index contributed by atoms with van der Waals surface area (Å²) in [6.45, 7) is 6.93. The van der Waals surface area contributed by atoms with Crippen LogP contribution in [-0.4, -0.2) is 107 Å². The number of allylic oxidation sites excluding steroid dienone is 4. The molecule has 1 aromatic carbocycles. The summed E-state index contributed by atoms with van der Waals surface area (Å²) in [5, 5.41) is 16.6.